The van der Waals surface area contributed by atoms with Gasteiger partial charge in [0.25, 0.3) is 0 Å². The molecule has 1 aromatic carbocycles. The number of aryl methyl sites for hydroxylation is 1. The van der Waals surface area contributed by atoms with Gasteiger partial charge in [-0.3, -0.25) is 0 Å². The minimum Gasteiger partial charge on any atom is -0.399 e. The zero-order chi connectivity index (χ0) is 14.0. The molecule has 4 nitrogen and oxygen atoms in total. The molecule has 19 heavy (non-hydrogen) atoms. The Morgan fingerprint density at radius 1 is 1.37 bits per heavy atom. The summed E-state index contributed by atoms with van der Waals surface area (Å²) in [6, 6.07) is 6.65. The van der Waals surface area contributed by atoms with E-state index in [1.54, 1.807) is 19.1 Å². The zero-order valence-corrected chi connectivity index (χ0v) is 13.4. The van der Waals surface area contributed by atoms with Gasteiger partial charge in [0.2, 0.25) is 10.0 Å². The number of anilines is 1. The molecule has 0 spiro atoms. The molecular weight excluding hydrogens is 348 g/mol. The number of thiophene rings is 1. The number of hydrogen-bond acceptors (Lipinski definition) is 4. The average molecular weight is 361 g/mol. The van der Waals surface area contributed by atoms with Gasteiger partial charge in [-0.25, -0.2) is 13.1 Å². The van der Waals surface area contributed by atoms with E-state index in [0.29, 0.717) is 11.3 Å². The van der Waals surface area contributed by atoms with E-state index in [-0.39, 0.29) is 11.4 Å². The van der Waals surface area contributed by atoms with Crippen LogP contribution in [0.2, 0.25) is 0 Å². The van der Waals surface area contributed by atoms with Crippen LogP contribution in [0.4, 0.5) is 5.69 Å². The monoisotopic (exact) mass is 360 g/mol. The SMILES string of the molecule is Cc1cc(N)ccc1S(=O)(=O)NCc1cc(Br)cs1. The third kappa shape index (κ3) is 3.56. The molecule has 0 aliphatic heterocycles. The van der Waals surface area contributed by atoms with Gasteiger partial charge in [-0.15, -0.1) is 11.3 Å². The van der Waals surface area contributed by atoms with Crippen molar-refractivity contribution in [2.45, 2.75) is 18.4 Å². The van der Waals surface area contributed by atoms with Crippen molar-refractivity contribution in [3.8, 4) is 0 Å². The van der Waals surface area contributed by atoms with Gasteiger partial charge >= 0.3 is 0 Å². The van der Waals surface area contributed by atoms with Gasteiger partial charge in [-0.05, 0) is 52.7 Å². The van der Waals surface area contributed by atoms with Crippen LogP contribution < -0.4 is 10.5 Å². The minimum atomic E-state index is -3.51. The molecule has 3 N–H and O–H groups in total. The summed E-state index contributed by atoms with van der Waals surface area (Å²) >= 11 is 4.83. The number of hydrogen-bond donors (Lipinski definition) is 2. The summed E-state index contributed by atoms with van der Waals surface area (Å²) in [5.74, 6) is 0. The number of benzene rings is 1. The van der Waals surface area contributed by atoms with E-state index >= 15 is 0 Å². The van der Waals surface area contributed by atoms with Gasteiger partial charge in [0.15, 0.2) is 0 Å². The highest BCUT2D eigenvalue weighted by atomic mass is 79.9. The summed E-state index contributed by atoms with van der Waals surface area (Å²) < 4.78 is 27.9. The van der Waals surface area contributed by atoms with E-state index < -0.39 is 10.0 Å². The second kappa shape index (κ2) is 5.62. The molecule has 0 aliphatic carbocycles. The molecule has 2 aromatic rings. The van der Waals surface area contributed by atoms with Crippen molar-refractivity contribution in [2.24, 2.45) is 0 Å². The van der Waals surface area contributed by atoms with Gasteiger partial charge in [0.1, 0.15) is 0 Å². The van der Waals surface area contributed by atoms with Crippen LogP contribution in [0.15, 0.2) is 39.0 Å². The molecule has 1 aromatic heterocycles. The summed E-state index contributed by atoms with van der Waals surface area (Å²) in [4.78, 5) is 1.21. The molecule has 0 aliphatic rings. The summed E-state index contributed by atoms with van der Waals surface area (Å²) in [7, 11) is -3.51. The largest absolute Gasteiger partial charge is 0.399 e. The first-order valence-corrected chi connectivity index (χ1v) is 8.63. The first-order chi connectivity index (χ1) is 8.88. The van der Waals surface area contributed by atoms with Crippen molar-refractivity contribution in [1.29, 1.82) is 0 Å². The maximum Gasteiger partial charge on any atom is 0.241 e. The van der Waals surface area contributed by atoms with Gasteiger partial charge < -0.3 is 5.73 Å². The highest BCUT2D eigenvalue weighted by Gasteiger charge is 2.16. The molecule has 0 amide bonds. The maximum absolute atomic E-state index is 12.2. The van der Waals surface area contributed by atoms with E-state index in [4.69, 9.17) is 5.73 Å². The zero-order valence-electron chi connectivity index (χ0n) is 10.2. The smallest absolute Gasteiger partial charge is 0.241 e. The molecule has 0 radical (unpaired) electrons. The minimum absolute atomic E-state index is 0.261. The van der Waals surface area contributed by atoms with E-state index in [2.05, 4.69) is 20.7 Å². The topological polar surface area (TPSA) is 72.2 Å². The van der Waals surface area contributed by atoms with Crippen LogP contribution in [0.3, 0.4) is 0 Å². The summed E-state index contributed by atoms with van der Waals surface area (Å²) in [6.07, 6.45) is 0. The maximum atomic E-state index is 12.2. The van der Waals surface area contributed by atoms with Crippen molar-refractivity contribution < 1.29 is 8.42 Å². The van der Waals surface area contributed by atoms with Crippen LogP contribution in [0.5, 0.6) is 0 Å². The third-order valence-corrected chi connectivity index (χ3v) is 5.81. The van der Waals surface area contributed by atoms with Gasteiger partial charge in [0.05, 0.1) is 4.90 Å². The van der Waals surface area contributed by atoms with E-state index in [9.17, 15) is 8.42 Å². The van der Waals surface area contributed by atoms with E-state index in [1.165, 1.54) is 17.4 Å². The molecule has 0 bridgehead atoms. The van der Waals surface area contributed by atoms with Crippen molar-refractivity contribution in [3.63, 3.8) is 0 Å². The fourth-order valence-corrected chi connectivity index (χ4v) is 4.38. The summed E-state index contributed by atoms with van der Waals surface area (Å²) in [5.41, 5.74) is 6.81. The molecule has 0 saturated carbocycles. The molecule has 102 valence electrons. The Morgan fingerprint density at radius 2 is 2.11 bits per heavy atom. The average Bonchev–Trinajstić information content (AvgIpc) is 2.72. The number of nitrogens with two attached hydrogens (primary N) is 1. The Hall–Kier alpha value is -0.890. The van der Waals surface area contributed by atoms with Crippen molar-refractivity contribution in [2.75, 3.05) is 5.73 Å². The molecule has 0 fully saturated rings. The highest BCUT2D eigenvalue weighted by molar-refractivity contribution is 9.10. The number of nitrogens with one attached hydrogen (secondary N) is 1. The predicted molar refractivity (Wildman–Crippen MR) is 81.6 cm³/mol. The fourth-order valence-electron chi connectivity index (χ4n) is 1.66. The van der Waals surface area contributed by atoms with Crippen LogP contribution in [-0.4, -0.2) is 8.42 Å². The molecule has 7 heteroatoms. The van der Waals surface area contributed by atoms with Gasteiger partial charge in [0, 0.05) is 27.0 Å². The van der Waals surface area contributed by atoms with E-state index in [0.717, 1.165) is 9.35 Å². The summed E-state index contributed by atoms with van der Waals surface area (Å²) in [5, 5.41) is 1.91. The Morgan fingerprint density at radius 3 is 2.68 bits per heavy atom. The first-order valence-electron chi connectivity index (χ1n) is 5.47. The Balaban J connectivity index is 2.18. The second-order valence-corrected chi connectivity index (χ2v) is 7.73. The molecule has 1 heterocycles. The Bertz CT molecular complexity index is 696. The third-order valence-electron chi connectivity index (χ3n) is 2.55. The fraction of sp³-hybridized carbons (Fsp3) is 0.167. The van der Waals surface area contributed by atoms with Crippen molar-refractivity contribution >= 4 is 43.0 Å². The number of rotatable bonds is 4. The lowest BCUT2D eigenvalue weighted by Gasteiger charge is -2.09. The Kier molecular flexibility index (Phi) is 4.29. The molecule has 0 unspecified atom stereocenters. The van der Waals surface area contributed by atoms with E-state index in [1.807, 2.05) is 11.4 Å². The molecule has 0 atom stereocenters. The van der Waals surface area contributed by atoms with Gasteiger partial charge in [-0.2, -0.15) is 0 Å². The second-order valence-electron chi connectivity index (χ2n) is 4.08. The van der Waals surface area contributed by atoms with Crippen LogP contribution in [0.25, 0.3) is 0 Å². The van der Waals surface area contributed by atoms with Crippen molar-refractivity contribution in [3.05, 3.63) is 44.6 Å². The van der Waals surface area contributed by atoms with Crippen LogP contribution in [-0.2, 0) is 16.6 Å². The Labute approximate surface area is 124 Å². The van der Waals surface area contributed by atoms with Crippen LogP contribution in [0.1, 0.15) is 10.4 Å². The van der Waals surface area contributed by atoms with Crippen LogP contribution in [0, 0.1) is 6.92 Å². The lowest BCUT2D eigenvalue weighted by atomic mass is 10.2. The van der Waals surface area contributed by atoms with Gasteiger partial charge in [-0.1, -0.05) is 0 Å². The lowest BCUT2D eigenvalue weighted by Crippen LogP contribution is -2.23. The normalized spacial score (nSPS) is 11.7. The quantitative estimate of drug-likeness (QED) is 0.823. The van der Waals surface area contributed by atoms with Crippen molar-refractivity contribution in [1.82, 2.24) is 4.72 Å². The number of nitrogen functional groups attached to an aromatic ring is 1. The molecule has 0 saturated heterocycles. The summed E-state index contributed by atoms with van der Waals surface area (Å²) in [6.45, 7) is 2.01. The molecule has 2 rings (SSSR count). The number of sulfonamides is 1. The first kappa shape index (κ1) is 14.5. The molecular formula is C12H13BrN2O2S2. The standard InChI is InChI=1S/C12H13BrN2O2S2/c1-8-4-10(14)2-3-12(8)19(16,17)15-6-11-5-9(13)7-18-11/h2-5,7,15H,6,14H2,1H3. The number of halogens is 1. The predicted octanol–water partition coefficient (Wildman–Crippen LogP) is 2.88. The lowest BCUT2D eigenvalue weighted by molar-refractivity contribution is 0.581. The van der Waals surface area contributed by atoms with Crippen LogP contribution >= 0.6 is 27.3 Å². The highest BCUT2D eigenvalue weighted by Crippen LogP contribution is 2.21.